The third-order valence-corrected chi connectivity index (χ3v) is 5.12. The summed E-state index contributed by atoms with van der Waals surface area (Å²) in [4.78, 5) is 18.1. The molecule has 0 unspecified atom stereocenters. The molecule has 4 rings (SSSR count). The predicted molar refractivity (Wildman–Crippen MR) is 98.4 cm³/mol. The first-order valence-corrected chi connectivity index (χ1v) is 8.83. The summed E-state index contributed by atoms with van der Waals surface area (Å²) in [6.45, 7) is 0.758. The molecule has 2 aromatic carbocycles. The molecule has 4 nitrogen and oxygen atoms in total. The Morgan fingerprint density at radius 2 is 2.04 bits per heavy atom. The van der Waals surface area contributed by atoms with E-state index in [1.165, 1.54) is 0 Å². The molecule has 1 amide bonds. The predicted octanol–water partition coefficient (Wildman–Crippen LogP) is 3.90. The van der Waals surface area contributed by atoms with Gasteiger partial charge in [-0.25, -0.2) is 0 Å². The van der Waals surface area contributed by atoms with Crippen molar-refractivity contribution in [1.29, 1.82) is 0 Å². The third kappa shape index (κ3) is 3.17. The first kappa shape index (κ1) is 15.9. The van der Waals surface area contributed by atoms with Crippen molar-refractivity contribution in [3.8, 4) is 0 Å². The SMILES string of the molecule is O=C(c1ccc2cc[nH]c2c1)N1CCC[C@H]1C[C@H](O)c1ccccc1. The average Bonchev–Trinajstić information content (AvgIpc) is 3.30. The van der Waals surface area contributed by atoms with Crippen molar-refractivity contribution in [1.82, 2.24) is 9.88 Å². The van der Waals surface area contributed by atoms with Crippen molar-refractivity contribution in [3.63, 3.8) is 0 Å². The molecule has 0 aliphatic carbocycles. The van der Waals surface area contributed by atoms with Gasteiger partial charge in [0.05, 0.1) is 6.10 Å². The van der Waals surface area contributed by atoms with Gasteiger partial charge >= 0.3 is 0 Å². The highest BCUT2D eigenvalue weighted by molar-refractivity contribution is 5.98. The van der Waals surface area contributed by atoms with Gasteiger partial charge in [0.15, 0.2) is 0 Å². The highest BCUT2D eigenvalue weighted by Crippen LogP contribution is 2.29. The summed E-state index contributed by atoms with van der Waals surface area (Å²) in [5.41, 5.74) is 2.59. The number of fused-ring (bicyclic) bond motifs is 1. The van der Waals surface area contributed by atoms with Crippen molar-refractivity contribution in [2.75, 3.05) is 6.54 Å². The van der Waals surface area contributed by atoms with Crippen molar-refractivity contribution in [2.45, 2.75) is 31.4 Å². The molecule has 0 saturated carbocycles. The van der Waals surface area contributed by atoms with Crippen LogP contribution in [0.1, 0.15) is 41.3 Å². The van der Waals surface area contributed by atoms with Gasteiger partial charge in [-0.2, -0.15) is 0 Å². The minimum atomic E-state index is -0.537. The summed E-state index contributed by atoms with van der Waals surface area (Å²) in [6, 6.07) is 17.5. The standard InChI is InChI=1S/C21H22N2O2/c24-20(16-5-2-1-3-6-16)14-18-7-4-12-23(18)21(25)17-9-8-15-10-11-22-19(15)13-17/h1-3,5-6,8-11,13,18,20,22,24H,4,7,12,14H2/t18-,20-/m0/s1. The van der Waals surface area contributed by atoms with Crippen LogP contribution in [0.4, 0.5) is 0 Å². The number of likely N-dealkylation sites (tertiary alicyclic amines) is 1. The van der Waals surface area contributed by atoms with Gasteiger partial charge in [-0.05, 0) is 48.4 Å². The van der Waals surface area contributed by atoms with Crippen LogP contribution in [0.25, 0.3) is 10.9 Å². The third-order valence-electron chi connectivity index (χ3n) is 5.12. The molecule has 4 heteroatoms. The topological polar surface area (TPSA) is 56.3 Å². The second kappa shape index (κ2) is 6.73. The molecule has 1 aliphatic rings. The number of aliphatic hydroxyl groups excluding tert-OH is 1. The lowest BCUT2D eigenvalue weighted by Gasteiger charge is -2.27. The first-order chi connectivity index (χ1) is 12.2. The largest absolute Gasteiger partial charge is 0.388 e. The minimum absolute atomic E-state index is 0.0549. The zero-order valence-electron chi connectivity index (χ0n) is 14.1. The van der Waals surface area contributed by atoms with E-state index in [0.717, 1.165) is 35.9 Å². The maximum atomic E-state index is 13.0. The molecule has 1 aromatic heterocycles. The highest BCUT2D eigenvalue weighted by Gasteiger charge is 2.31. The number of aromatic amines is 1. The van der Waals surface area contributed by atoms with Gasteiger partial charge in [-0.1, -0.05) is 36.4 Å². The number of benzene rings is 2. The van der Waals surface area contributed by atoms with E-state index in [2.05, 4.69) is 4.98 Å². The van der Waals surface area contributed by atoms with Gasteiger partial charge in [0.2, 0.25) is 0 Å². The Balaban J connectivity index is 1.51. The van der Waals surface area contributed by atoms with Gasteiger partial charge in [0, 0.05) is 29.9 Å². The van der Waals surface area contributed by atoms with E-state index in [9.17, 15) is 9.90 Å². The van der Waals surface area contributed by atoms with Crippen molar-refractivity contribution >= 4 is 16.8 Å². The molecule has 25 heavy (non-hydrogen) atoms. The number of nitrogens with one attached hydrogen (secondary N) is 1. The van der Waals surface area contributed by atoms with Crippen LogP contribution in [0.5, 0.6) is 0 Å². The summed E-state index contributed by atoms with van der Waals surface area (Å²) in [5.74, 6) is 0.0549. The van der Waals surface area contributed by atoms with Crippen LogP contribution in [-0.2, 0) is 0 Å². The van der Waals surface area contributed by atoms with Gasteiger partial charge in [-0.15, -0.1) is 0 Å². The van der Waals surface area contributed by atoms with E-state index >= 15 is 0 Å². The summed E-state index contributed by atoms with van der Waals surface area (Å²) in [5, 5.41) is 11.6. The van der Waals surface area contributed by atoms with E-state index in [4.69, 9.17) is 0 Å². The maximum Gasteiger partial charge on any atom is 0.254 e. The van der Waals surface area contributed by atoms with Gasteiger partial charge in [0.1, 0.15) is 0 Å². The van der Waals surface area contributed by atoms with Crippen LogP contribution in [-0.4, -0.2) is 33.5 Å². The summed E-state index contributed by atoms with van der Waals surface area (Å²) < 4.78 is 0. The van der Waals surface area contributed by atoms with Crippen molar-refractivity contribution < 1.29 is 9.90 Å². The zero-order valence-corrected chi connectivity index (χ0v) is 14.1. The molecule has 2 heterocycles. The molecule has 128 valence electrons. The van der Waals surface area contributed by atoms with E-state index in [1.807, 2.05) is 65.7 Å². The number of H-pyrrole nitrogens is 1. The summed E-state index contributed by atoms with van der Waals surface area (Å²) in [6.07, 6.45) is 3.86. The lowest BCUT2D eigenvalue weighted by molar-refractivity contribution is 0.0667. The average molecular weight is 334 g/mol. The fourth-order valence-corrected chi connectivity index (χ4v) is 3.76. The molecule has 1 fully saturated rings. The van der Waals surface area contributed by atoms with E-state index in [0.29, 0.717) is 12.0 Å². The molecular formula is C21H22N2O2. The van der Waals surface area contributed by atoms with Gasteiger partial charge in [0.25, 0.3) is 5.91 Å². The number of aliphatic hydroxyl groups is 1. The van der Waals surface area contributed by atoms with Crippen LogP contribution in [0, 0.1) is 0 Å². The Hall–Kier alpha value is -2.59. The van der Waals surface area contributed by atoms with Gasteiger partial charge < -0.3 is 15.0 Å². The van der Waals surface area contributed by atoms with Crippen molar-refractivity contribution in [2.24, 2.45) is 0 Å². The van der Waals surface area contributed by atoms with E-state index < -0.39 is 6.10 Å². The highest BCUT2D eigenvalue weighted by atomic mass is 16.3. The number of nitrogens with zero attached hydrogens (tertiary/aromatic N) is 1. The Labute approximate surface area is 147 Å². The number of carbonyl (C=O) groups is 1. The molecule has 0 radical (unpaired) electrons. The molecule has 3 aromatic rings. The minimum Gasteiger partial charge on any atom is -0.388 e. The fourth-order valence-electron chi connectivity index (χ4n) is 3.76. The summed E-state index contributed by atoms with van der Waals surface area (Å²) >= 11 is 0. The molecule has 0 bridgehead atoms. The molecular weight excluding hydrogens is 312 g/mol. The first-order valence-electron chi connectivity index (χ1n) is 8.83. The Kier molecular flexibility index (Phi) is 4.28. The van der Waals surface area contributed by atoms with E-state index in [1.54, 1.807) is 0 Å². The van der Waals surface area contributed by atoms with Crippen LogP contribution in [0.2, 0.25) is 0 Å². The fraction of sp³-hybridized carbons (Fsp3) is 0.286. The van der Waals surface area contributed by atoms with Crippen LogP contribution in [0.3, 0.4) is 0 Å². The van der Waals surface area contributed by atoms with E-state index in [-0.39, 0.29) is 11.9 Å². The molecule has 1 aliphatic heterocycles. The van der Waals surface area contributed by atoms with Crippen LogP contribution >= 0.6 is 0 Å². The molecule has 0 spiro atoms. The number of amides is 1. The lowest BCUT2D eigenvalue weighted by atomic mass is 10.00. The van der Waals surface area contributed by atoms with Crippen LogP contribution < -0.4 is 0 Å². The maximum absolute atomic E-state index is 13.0. The Morgan fingerprint density at radius 3 is 2.88 bits per heavy atom. The second-order valence-corrected chi connectivity index (χ2v) is 6.74. The van der Waals surface area contributed by atoms with Gasteiger partial charge in [-0.3, -0.25) is 4.79 Å². The molecule has 2 N–H and O–H groups in total. The second-order valence-electron chi connectivity index (χ2n) is 6.74. The van der Waals surface area contributed by atoms with Crippen molar-refractivity contribution in [3.05, 3.63) is 71.9 Å². The lowest BCUT2D eigenvalue weighted by Crippen LogP contribution is -2.36. The smallest absolute Gasteiger partial charge is 0.254 e. The zero-order chi connectivity index (χ0) is 17.2. The number of hydrogen-bond donors (Lipinski definition) is 2. The quantitative estimate of drug-likeness (QED) is 0.760. The molecule has 1 saturated heterocycles. The number of aromatic nitrogens is 1. The Bertz CT molecular complexity index is 872. The number of hydrogen-bond acceptors (Lipinski definition) is 2. The number of rotatable bonds is 4. The number of carbonyl (C=O) groups excluding carboxylic acids is 1. The normalized spacial score (nSPS) is 18.6. The monoisotopic (exact) mass is 334 g/mol. The molecule has 2 atom stereocenters. The summed E-state index contributed by atoms with van der Waals surface area (Å²) in [7, 11) is 0. The van der Waals surface area contributed by atoms with Crippen LogP contribution in [0.15, 0.2) is 60.8 Å². The Morgan fingerprint density at radius 1 is 1.20 bits per heavy atom.